The number of fused-ring (bicyclic) bond motifs is 4. The fourth-order valence-corrected chi connectivity index (χ4v) is 11.7. The minimum atomic E-state index is -0.197. The van der Waals surface area contributed by atoms with Crippen molar-refractivity contribution < 1.29 is 4.40 Å². The molecule has 9 nitrogen and oxygen atoms in total. The Balaban J connectivity index is 0.931. The second kappa shape index (κ2) is 18.7. The topological polar surface area (TPSA) is 86.5 Å². The molecule has 0 amide bonds. The summed E-state index contributed by atoms with van der Waals surface area (Å²) in [6.45, 7) is 6.87. The minimum Gasteiger partial charge on any atom is -0.311 e. The van der Waals surface area contributed by atoms with Gasteiger partial charge in [0, 0.05) is 50.8 Å². The molecule has 0 saturated heterocycles. The highest BCUT2D eigenvalue weighted by molar-refractivity contribution is 7.00. The van der Waals surface area contributed by atoms with Crippen LogP contribution in [0.2, 0.25) is 0 Å². The first-order valence-electron chi connectivity index (χ1n) is 27.2. The number of hydrogen-bond donors (Lipinski definition) is 1. The fourth-order valence-electron chi connectivity index (χ4n) is 11.7. The molecule has 1 N–H and O–H groups in total. The van der Waals surface area contributed by atoms with Gasteiger partial charge in [0.1, 0.15) is 0 Å². The molecule has 3 aliphatic heterocycles. The van der Waals surface area contributed by atoms with Gasteiger partial charge >= 0.3 is 17.7 Å². The first-order chi connectivity index (χ1) is 39.3. The maximum Gasteiger partial charge on any atom is 0.334 e. The Bertz CT molecular complexity index is 4400. The summed E-state index contributed by atoms with van der Waals surface area (Å²) in [6, 6.07) is 89.0. The summed E-state index contributed by atoms with van der Waals surface area (Å²) >= 11 is 0. The zero-order chi connectivity index (χ0) is 53.5. The average molecular weight is 1030 g/mol. The van der Waals surface area contributed by atoms with Crippen LogP contribution in [-0.4, -0.2) is 32.5 Å². The number of nitrogens with zero attached hydrogens (tertiary/aromatic N) is 8. The number of aliphatic imine (C=N–C) groups is 1. The molecule has 5 heterocycles. The average Bonchev–Trinajstić information content (AvgIpc) is 3.65. The van der Waals surface area contributed by atoms with E-state index in [9.17, 15) is 0 Å². The maximum absolute atomic E-state index is 5.19. The highest BCUT2D eigenvalue weighted by Crippen LogP contribution is 2.47. The zero-order valence-corrected chi connectivity index (χ0v) is 44.3. The van der Waals surface area contributed by atoms with Crippen molar-refractivity contribution in [1.82, 2.24) is 19.9 Å². The van der Waals surface area contributed by atoms with Gasteiger partial charge in [0.15, 0.2) is 0 Å². The van der Waals surface area contributed by atoms with Crippen LogP contribution in [0.25, 0.3) is 61.9 Å². The van der Waals surface area contributed by atoms with Crippen molar-refractivity contribution in [1.29, 1.82) is 0 Å². The molecule has 0 saturated carbocycles. The summed E-state index contributed by atoms with van der Waals surface area (Å²) in [5.74, 6) is 3.11. The third-order valence-corrected chi connectivity index (χ3v) is 15.7. The van der Waals surface area contributed by atoms with E-state index in [4.69, 9.17) is 24.9 Å². The van der Waals surface area contributed by atoms with E-state index in [0.29, 0.717) is 35.2 Å². The highest BCUT2D eigenvalue weighted by atomic mass is 15.4. The molecule has 2 aromatic heterocycles. The Morgan fingerprint density at radius 1 is 0.388 bits per heavy atom. The number of amidine groups is 1. The van der Waals surface area contributed by atoms with E-state index < -0.39 is 0 Å². The Morgan fingerprint density at radius 3 is 1.41 bits per heavy atom. The minimum absolute atomic E-state index is 0.0900. The quantitative estimate of drug-likeness (QED) is 0.120. The van der Waals surface area contributed by atoms with E-state index in [0.717, 1.165) is 50.6 Å². The molecule has 0 bridgehead atoms. The summed E-state index contributed by atoms with van der Waals surface area (Å²) in [7, 11) is 0. The molecule has 10 heteroatoms. The van der Waals surface area contributed by atoms with Crippen molar-refractivity contribution in [3.63, 3.8) is 0 Å². The predicted octanol–water partition coefficient (Wildman–Crippen LogP) is 14.2. The number of benzene rings is 10. The van der Waals surface area contributed by atoms with Crippen LogP contribution in [0.3, 0.4) is 0 Å². The third kappa shape index (κ3) is 8.02. The van der Waals surface area contributed by atoms with Crippen molar-refractivity contribution in [3.05, 3.63) is 260 Å². The van der Waals surface area contributed by atoms with Crippen molar-refractivity contribution in [2.24, 2.45) is 4.99 Å². The highest BCUT2D eigenvalue weighted by Gasteiger charge is 2.44. The van der Waals surface area contributed by atoms with E-state index in [1.165, 1.54) is 55.6 Å². The van der Waals surface area contributed by atoms with Crippen LogP contribution in [0.4, 0.5) is 46.0 Å². The van der Waals surface area contributed by atoms with Crippen molar-refractivity contribution in [3.8, 4) is 56.2 Å². The van der Waals surface area contributed by atoms with E-state index in [-0.39, 0.29) is 12.1 Å². The van der Waals surface area contributed by atoms with Gasteiger partial charge in [-0.2, -0.15) is 4.40 Å². The van der Waals surface area contributed by atoms with Gasteiger partial charge in [0.25, 0.3) is 6.71 Å². The molecule has 0 unspecified atom stereocenters. The molecule has 12 aromatic rings. The van der Waals surface area contributed by atoms with Crippen LogP contribution in [0.5, 0.6) is 0 Å². The van der Waals surface area contributed by atoms with Crippen LogP contribution in [-0.2, 0) is 5.41 Å². The number of nitrogens with one attached hydrogen (secondary N) is 1. The van der Waals surface area contributed by atoms with Crippen molar-refractivity contribution in [2.45, 2.75) is 26.2 Å². The molecule has 0 fully saturated rings. The lowest BCUT2D eigenvalue weighted by Gasteiger charge is -2.45. The smallest absolute Gasteiger partial charge is 0.311 e. The monoisotopic (exact) mass is 1030 g/mol. The Labute approximate surface area is 465 Å². The van der Waals surface area contributed by atoms with Crippen LogP contribution >= 0.6 is 0 Å². The summed E-state index contributed by atoms with van der Waals surface area (Å²) in [5, 5.41) is 3.50. The zero-order valence-electron chi connectivity index (χ0n) is 44.3. The summed E-state index contributed by atoms with van der Waals surface area (Å²) < 4.78 is 1.79. The third-order valence-electron chi connectivity index (χ3n) is 15.7. The van der Waals surface area contributed by atoms with Crippen LogP contribution in [0.15, 0.2) is 254 Å². The lowest BCUT2D eigenvalue weighted by molar-refractivity contribution is -0.494. The van der Waals surface area contributed by atoms with E-state index in [1.54, 1.807) is 4.40 Å². The SMILES string of the molecule is CC(C)(C)c1cc2c3c(c1)N(c1ccc(-c4nc5[n+]6c(nc(-c7ccccc7)nc6n4)N=C(c4ccccc4)N5)cc1)c1cc(-c4ccccc4)ccc1B3c1cc(-c3ccccc3)ccc1N2c1ccc(-c2ccccc2)cc1. The van der Waals surface area contributed by atoms with Crippen LogP contribution in [0.1, 0.15) is 31.9 Å². The Kier molecular flexibility index (Phi) is 11.0. The lowest BCUT2D eigenvalue weighted by Crippen LogP contribution is -2.61. The molecular formula is C70H51BN9+. The van der Waals surface area contributed by atoms with E-state index in [1.807, 2.05) is 60.7 Å². The molecular weight excluding hydrogens is 978 g/mol. The lowest BCUT2D eigenvalue weighted by atomic mass is 9.33. The van der Waals surface area contributed by atoms with Gasteiger partial charge in [0.2, 0.25) is 17.5 Å². The number of rotatable bonds is 8. The predicted molar refractivity (Wildman–Crippen MR) is 327 cm³/mol. The molecule has 3 aliphatic rings. The van der Waals surface area contributed by atoms with E-state index in [2.05, 4.69) is 224 Å². The molecule has 0 radical (unpaired) electrons. The molecule has 0 aliphatic carbocycles. The second-order valence-corrected chi connectivity index (χ2v) is 21.7. The van der Waals surface area contributed by atoms with Gasteiger partial charge in [-0.15, -0.1) is 24.9 Å². The summed E-state index contributed by atoms with van der Waals surface area (Å²) in [6.07, 6.45) is 0. The van der Waals surface area contributed by atoms with Gasteiger partial charge < -0.3 is 9.80 Å². The van der Waals surface area contributed by atoms with Crippen molar-refractivity contribution in [2.75, 3.05) is 15.1 Å². The van der Waals surface area contributed by atoms with E-state index >= 15 is 0 Å². The maximum atomic E-state index is 5.19. The second-order valence-electron chi connectivity index (χ2n) is 21.7. The largest absolute Gasteiger partial charge is 0.334 e. The molecule has 378 valence electrons. The number of aromatic nitrogens is 5. The van der Waals surface area contributed by atoms with Gasteiger partial charge in [-0.1, -0.05) is 185 Å². The summed E-state index contributed by atoms with van der Waals surface area (Å²) in [4.78, 5) is 30.3. The summed E-state index contributed by atoms with van der Waals surface area (Å²) in [5.41, 5.74) is 21.2. The first kappa shape index (κ1) is 46.9. The molecule has 0 spiro atoms. The molecule has 0 atom stereocenters. The Hall–Kier alpha value is -10.3. The Morgan fingerprint density at radius 2 is 0.838 bits per heavy atom. The first-order valence-corrected chi connectivity index (χ1v) is 27.2. The van der Waals surface area contributed by atoms with Gasteiger partial charge in [0.05, 0.1) is 0 Å². The molecule has 10 aromatic carbocycles. The molecule has 15 rings (SSSR count). The van der Waals surface area contributed by atoms with Gasteiger partial charge in [-0.25, -0.2) is 0 Å². The van der Waals surface area contributed by atoms with Crippen molar-refractivity contribution >= 4 is 80.7 Å². The van der Waals surface area contributed by atoms with Gasteiger partial charge in [-0.3, -0.25) is 5.32 Å². The number of anilines is 7. The fraction of sp³-hybridized carbons (Fsp3) is 0.0571. The van der Waals surface area contributed by atoms with Gasteiger partial charge in [-0.05, 0) is 146 Å². The standard InChI is InChI=1S/C70H50BN9/c1-70(2,3)54-43-61-63-62(44-54)79(56-37-31-51(32-38-56)66-76-68-74-64(49-25-15-7-16-26-49)72-67-73-65(50-27-17-8-18-28-50)75-69(77-66)80(67)68)60-42-53(47-23-13-6-14-24-47)33-39-57(60)71(63)58-41-52(46-21-11-5-12-22-46)34-40-59(58)78(61)55-35-29-48(30-36-55)45-19-9-4-10-20-45/h4-44H,1-3H3/p+1. The molecule has 80 heavy (non-hydrogen) atoms. The number of hydrogen-bond acceptors (Lipinski definition) is 8. The normalized spacial score (nSPS) is 13.0. The van der Waals surface area contributed by atoms with Crippen LogP contribution < -0.4 is 35.9 Å². The van der Waals surface area contributed by atoms with Crippen LogP contribution in [0, 0.1) is 0 Å².